The molecule has 0 aliphatic heterocycles. The Morgan fingerprint density at radius 3 is 3.00 bits per heavy atom. The van der Waals surface area contributed by atoms with Crippen molar-refractivity contribution in [2.75, 3.05) is 12.4 Å². The molecule has 1 aromatic heterocycles. The van der Waals surface area contributed by atoms with E-state index in [4.69, 9.17) is 4.74 Å². The van der Waals surface area contributed by atoms with E-state index in [-0.39, 0.29) is 0 Å². The van der Waals surface area contributed by atoms with E-state index in [1.165, 1.54) is 24.6 Å². The third kappa shape index (κ3) is 2.71. The number of anilines is 1. The van der Waals surface area contributed by atoms with Crippen LogP contribution in [0.1, 0.15) is 25.7 Å². The number of pyridine rings is 1. The van der Waals surface area contributed by atoms with E-state index in [0.717, 1.165) is 17.6 Å². The summed E-state index contributed by atoms with van der Waals surface area (Å²) in [4.78, 5) is 4.35. The quantitative estimate of drug-likeness (QED) is 0.911. The highest BCUT2D eigenvalue weighted by Crippen LogP contribution is 2.25. The summed E-state index contributed by atoms with van der Waals surface area (Å²) >= 11 is 0. The number of hydrogen-bond acceptors (Lipinski definition) is 3. The lowest BCUT2D eigenvalue weighted by atomic mass is 9.92. The van der Waals surface area contributed by atoms with Gasteiger partial charge in [-0.25, -0.2) is 0 Å². The van der Waals surface area contributed by atoms with Crippen molar-refractivity contribution in [3.05, 3.63) is 36.5 Å². The number of nitrogens with one attached hydrogen (secondary N) is 1. The van der Waals surface area contributed by atoms with Gasteiger partial charge in [0.1, 0.15) is 0 Å². The molecule has 3 heteroatoms. The van der Waals surface area contributed by atoms with Crippen molar-refractivity contribution in [3.8, 4) is 0 Å². The first-order chi connectivity index (χ1) is 9.36. The Labute approximate surface area is 114 Å². The lowest BCUT2D eigenvalue weighted by molar-refractivity contribution is 0.0606. The molecular formula is C16H20N2O. The van der Waals surface area contributed by atoms with Crippen LogP contribution in [0.2, 0.25) is 0 Å². The van der Waals surface area contributed by atoms with Crippen LogP contribution in [0.5, 0.6) is 0 Å². The van der Waals surface area contributed by atoms with Gasteiger partial charge in [-0.05, 0) is 37.1 Å². The van der Waals surface area contributed by atoms with Gasteiger partial charge in [-0.1, -0.05) is 18.9 Å². The van der Waals surface area contributed by atoms with Crippen LogP contribution in [0.4, 0.5) is 5.69 Å². The Morgan fingerprint density at radius 2 is 2.11 bits per heavy atom. The van der Waals surface area contributed by atoms with E-state index in [0.29, 0.717) is 12.1 Å². The average Bonchev–Trinajstić information content (AvgIpc) is 2.48. The van der Waals surface area contributed by atoms with Crippen LogP contribution >= 0.6 is 0 Å². The molecule has 3 nitrogen and oxygen atoms in total. The summed E-state index contributed by atoms with van der Waals surface area (Å²) in [5.41, 5.74) is 2.20. The first kappa shape index (κ1) is 12.4. The van der Waals surface area contributed by atoms with Crippen molar-refractivity contribution in [3.63, 3.8) is 0 Å². The van der Waals surface area contributed by atoms with Gasteiger partial charge in [0.05, 0.1) is 17.7 Å². The highest BCUT2D eigenvalue weighted by atomic mass is 16.5. The number of fused-ring (bicyclic) bond motifs is 1. The van der Waals surface area contributed by atoms with Crippen LogP contribution in [-0.4, -0.2) is 24.2 Å². The molecule has 19 heavy (non-hydrogen) atoms. The number of aromatic nitrogens is 1. The summed E-state index contributed by atoms with van der Waals surface area (Å²) in [6.07, 6.45) is 7.06. The summed E-state index contributed by atoms with van der Waals surface area (Å²) in [7, 11) is 1.81. The molecule has 1 aliphatic carbocycles. The van der Waals surface area contributed by atoms with Gasteiger partial charge in [0.15, 0.2) is 0 Å². The summed E-state index contributed by atoms with van der Waals surface area (Å²) in [5.74, 6) is 0. The van der Waals surface area contributed by atoms with E-state index in [1.807, 2.05) is 19.4 Å². The number of hydrogen-bond donors (Lipinski definition) is 1. The highest BCUT2D eigenvalue weighted by molar-refractivity contribution is 5.82. The molecule has 1 N–H and O–H groups in total. The molecule has 1 saturated carbocycles. The summed E-state index contributed by atoms with van der Waals surface area (Å²) in [6, 6.07) is 10.9. The average molecular weight is 256 g/mol. The smallest absolute Gasteiger partial charge is 0.0772 e. The third-order valence-electron chi connectivity index (χ3n) is 3.96. The first-order valence-electron chi connectivity index (χ1n) is 7.01. The van der Waals surface area contributed by atoms with Crippen molar-refractivity contribution in [2.24, 2.45) is 0 Å². The maximum Gasteiger partial charge on any atom is 0.0772 e. The fraction of sp³-hybridized carbons (Fsp3) is 0.438. The van der Waals surface area contributed by atoms with Gasteiger partial charge in [0.25, 0.3) is 0 Å². The van der Waals surface area contributed by atoms with Crippen molar-refractivity contribution in [1.82, 2.24) is 4.98 Å². The lowest BCUT2D eigenvalue weighted by Gasteiger charge is -2.31. The van der Waals surface area contributed by atoms with E-state index in [1.54, 1.807) is 0 Å². The molecule has 2 atom stereocenters. The van der Waals surface area contributed by atoms with Crippen molar-refractivity contribution < 1.29 is 4.74 Å². The second-order valence-corrected chi connectivity index (χ2v) is 5.22. The SMILES string of the molecule is COC1CCCCC1Nc1ccc2ncccc2c1. The monoisotopic (exact) mass is 256 g/mol. The van der Waals surface area contributed by atoms with Gasteiger partial charge in [-0.3, -0.25) is 4.98 Å². The fourth-order valence-electron chi connectivity index (χ4n) is 2.92. The molecule has 1 fully saturated rings. The minimum absolute atomic E-state index is 0.332. The largest absolute Gasteiger partial charge is 0.380 e. The van der Waals surface area contributed by atoms with Gasteiger partial charge < -0.3 is 10.1 Å². The maximum absolute atomic E-state index is 5.59. The molecule has 0 bridgehead atoms. The molecule has 3 rings (SSSR count). The standard InChI is InChI=1S/C16H20N2O/c1-19-16-7-3-2-6-15(16)18-13-8-9-14-12(11-13)5-4-10-17-14/h4-5,8-11,15-16,18H,2-3,6-7H2,1H3. The summed E-state index contributed by atoms with van der Waals surface area (Å²) < 4.78 is 5.59. The predicted octanol–water partition coefficient (Wildman–Crippen LogP) is 3.60. The van der Waals surface area contributed by atoms with Crippen LogP contribution in [0.15, 0.2) is 36.5 Å². The van der Waals surface area contributed by atoms with E-state index in [9.17, 15) is 0 Å². The number of ether oxygens (including phenoxy) is 1. The zero-order chi connectivity index (χ0) is 13.1. The normalized spacial score (nSPS) is 23.4. The van der Waals surface area contributed by atoms with Crippen LogP contribution in [0.3, 0.4) is 0 Å². The molecule has 0 spiro atoms. The number of methoxy groups -OCH3 is 1. The van der Waals surface area contributed by atoms with Crippen molar-refractivity contribution in [2.45, 2.75) is 37.8 Å². The van der Waals surface area contributed by atoms with E-state index in [2.05, 4.69) is 34.6 Å². The second kappa shape index (κ2) is 5.57. The van der Waals surface area contributed by atoms with E-state index >= 15 is 0 Å². The van der Waals surface area contributed by atoms with Crippen LogP contribution in [0, 0.1) is 0 Å². The Bertz CT molecular complexity index is 555. The lowest BCUT2D eigenvalue weighted by Crippen LogP contribution is -2.37. The van der Waals surface area contributed by atoms with Gasteiger partial charge in [-0.2, -0.15) is 0 Å². The Morgan fingerprint density at radius 1 is 1.21 bits per heavy atom. The van der Waals surface area contributed by atoms with Gasteiger partial charge in [0, 0.05) is 24.4 Å². The molecule has 1 aromatic carbocycles. The van der Waals surface area contributed by atoms with Crippen LogP contribution < -0.4 is 5.32 Å². The Kier molecular flexibility index (Phi) is 3.65. The topological polar surface area (TPSA) is 34.1 Å². The molecule has 0 saturated heterocycles. The Hall–Kier alpha value is -1.61. The third-order valence-corrected chi connectivity index (χ3v) is 3.96. The second-order valence-electron chi connectivity index (χ2n) is 5.22. The van der Waals surface area contributed by atoms with Crippen LogP contribution in [-0.2, 0) is 4.74 Å². The molecule has 0 amide bonds. The van der Waals surface area contributed by atoms with Crippen LogP contribution in [0.25, 0.3) is 10.9 Å². The highest BCUT2D eigenvalue weighted by Gasteiger charge is 2.24. The zero-order valence-electron chi connectivity index (χ0n) is 11.3. The molecular weight excluding hydrogens is 236 g/mol. The maximum atomic E-state index is 5.59. The summed E-state index contributed by atoms with van der Waals surface area (Å²) in [5, 5.41) is 4.80. The fourth-order valence-corrected chi connectivity index (χ4v) is 2.92. The molecule has 2 unspecified atom stereocenters. The molecule has 2 aromatic rings. The van der Waals surface area contributed by atoms with E-state index < -0.39 is 0 Å². The summed E-state index contributed by atoms with van der Waals surface area (Å²) in [6.45, 7) is 0. The minimum Gasteiger partial charge on any atom is -0.380 e. The molecule has 0 radical (unpaired) electrons. The zero-order valence-corrected chi connectivity index (χ0v) is 11.3. The minimum atomic E-state index is 0.332. The van der Waals surface area contributed by atoms with Gasteiger partial charge >= 0.3 is 0 Å². The molecule has 1 heterocycles. The van der Waals surface area contributed by atoms with Crippen molar-refractivity contribution >= 4 is 16.6 Å². The predicted molar refractivity (Wildman–Crippen MR) is 78.4 cm³/mol. The first-order valence-corrected chi connectivity index (χ1v) is 7.01. The van der Waals surface area contributed by atoms with Gasteiger partial charge in [-0.15, -0.1) is 0 Å². The van der Waals surface area contributed by atoms with Gasteiger partial charge in [0.2, 0.25) is 0 Å². The number of benzene rings is 1. The number of nitrogens with zero attached hydrogens (tertiary/aromatic N) is 1. The molecule has 100 valence electrons. The molecule has 1 aliphatic rings. The van der Waals surface area contributed by atoms with Crippen molar-refractivity contribution in [1.29, 1.82) is 0 Å². The Balaban J connectivity index is 1.80. The number of rotatable bonds is 3.